The molecule has 0 saturated carbocycles. The van der Waals surface area contributed by atoms with Gasteiger partial charge < -0.3 is 19.9 Å². The van der Waals surface area contributed by atoms with E-state index in [9.17, 15) is 0 Å². The van der Waals surface area contributed by atoms with Gasteiger partial charge in [-0.2, -0.15) is 0 Å². The minimum absolute atomic E-state index is 1.06. The largest absolute Gasteiger partial charge is 0.355 e. The van der Waals surface area contributed by atoms with Crippen LogP contribution in [-0.2, 0) is 0 Å². The van der Waals surface area contributed by atoms with Gasteiger partial charge in [0, 0.05) is 49.7 Å². The highest BCUT2D eigenvalue weighted by atomic mass is 14.8. The molecular formula is C29H26N4. The van der Waals surface area contributed by atoms with Gasteiger partial charge in [-0.15, -0.1) is 0 Å². The number of benzene rings is 1. The Morgan fingerprint density at radius 1 is 0.515 bits per heavy atom. The van der Waals surface area contributed by atoms with Crippen molar-refractivity contribution in [3.63, 3.8) is 0 Å². The molecule has 0 unspecified atom stereocenters. The van der Waals surface area contributed by atoms with Crippen LogP contribution in [0.25, 0.3) is 23.8 Å². The minimum Gasteiger partial charge on any atom is -0.355 e. The maximum atomic E-state index is 3.65. The normalized spacial score (nSPS) is 12.8. The summed E-state index contributed by atoms with van der Waals surface area (Å²) in [6.45, 7) is 6.55. The number of hydrogen-bond donors (Lipinski definition) is 4. The van der Waals surface area contributed by atoms with Crippen LogP contribution in [-0.4, -0.2) is 19.9 Å². The first-order valence-corrected chi connectivity index (χ1v) is 11.3. The molecule has 4 aromatic heterocycles. The fourth-order valence-electron chi connectivity index (χ4n) is 4.97. The Morgan fingerprint density at radius 2 is 1.06 bits per heavy atom. The number of fused-ring (bicyclic) bond motifs is 8. The third kappa shape index (κ3) is 3.60. The summed E-state index contributed by atoms with van der Waals surface area (Å²) in [6, 6.07) is 21.6. The van der Waals surface area contributed by atoms with Crippen LogP contribution in [0.4, 0.5) is 0 Å². The molecule has 0 saturated heterocycles. The van der Waals surface area contributed by atoms with Crippen LogP contribution in [0.1, 0.15) is 45.0 Å². The lowest BCUT2D eigenvalue weighted by Crippen LogP contribution is -2.16. The molecular weight excluding hydrogens is 404 g/mol. The van der Waals surface area contributed by atoms with Crippen LogP contribution in [0, 0.1) is 20.8 Å². The Balaban J connectivity index is 1.70. The summed E-state index contributed by atoms with van der Waals surface area (Å²) in [4.78, 5) is 14.3. The lowest BCUT2D eigenvalue weighted by atomic mass is 9.92. The topological polar surface area (TPSA) is 63.2 Å². The Bertz CT molecular complexity index is 1720. The standard InChI is InChI=1S/C29H26N4/c1-17-12-18(2)28(19(3)13-17)29-26-10-8-24(32-26)15-22-6-4-20(30-22)14-21-5-7-23(31-21)16-25-9-11-27(29)33-25/h4-16,30-33H,1-3H3. The molecule has 0 spiro atoms. The van der Waals surface area contributed by atoms with Crippen LogP contribution in [0.3, 0.4) is 0 Å². The monoisotopic (exact) mass is 430 g/mol. The molecule has 6 rings (SSSR count). The van der Waals surface area contributed by atoms with E-state index in [2.05, 4.69) is 120 Å². The van der Waals surface area contributed by atoms with Crippen molar-refractivity contribution in [2.45, 2.75) is 20.8 Å². The van der Waals surface area contributed by atoms with Gasteiger partial charge >= 0.3 is 0 Å². The first-order chi connectivity index (χ1) is 16.0. The number of nitrogens with one attached hydrogen (secondary N) is 4. The lowest BCUT2D eigenvalue weighted by molar-refractivity contribution is 1.20. The second-order valence-corrected chi connectivity index (χ2v) is 8.97. The van der Waals surface area contributed by atoms with Gasteiger partial charge in [-0.25, -0.2) is 0 Å². The van der Waals surface area contributed by atoms with Crippen LogP contribution in [0.5, 0.6) is 0 Å². The number of rotatable bonds is 1. The van der Waals surface area contributed by atoms with Gasteiger partial charge in [0.25, 0.3) is 0 Å². The van der Waals surface area contributed by atoms with Gasteiger partial charge in [0.05, 0.1) is 0 Å². The minimum atomic E-state index is 1.06. The predicted molar refractivity (Wildman–Crippen MR) is 135 cm³/mol. The summed E-state index contributed by atoms with van der Waals surface area (Å²) in [5, 5.41) is 4.28. The number of hydrogen-bond acceptors (Lipinski definition) is 0. The molecule has 0 amide bonds. The van der Waals surface area contributed by atoms with Crippen LogP contribution < -0.4 is 21.4 Å². The Labute approximate surface area is 191 Å². The molecule has 162 valence electrons. The van der Waals surface area contributed by atoms with Crippen LogP contribution in [0.15, 0.2) is 60.7 Å². The van der Waals surface area contributed by atoms with Crippen molar-refractivity contribution in [1.82, 2.24) is 19.9 Å². The lowest BCUT2D eigenvalue weighted by Gasteiger charge is -2.14. The SMILES string of the molecule is Cc1cc(C)c(C2=c3ccc([nH]3)=Cc3ccc([nH]3)C=c3ccc([nH]3)=Cc3ccc2[nH]3)c(C)c1. The Morgan fingerprint density at radius 3 is 1.73 bits per heavy atom. The second-order valence-electron chi connectivity index (χ2n) is 8.97. The van der Waals surface area contributed by atoms with Crippen molar-refractivity contribution in [1.29, 1.82) is 0 Å². The molecule has 4 heteroatoms. The Kier molecular flexibility index (Phi) is 4.40. The van der Waals surface area contributed by atoms with E-state index in [1.807, 2.05) is 0 Å². The number of aromatic amines is 4. The molecule has 0 fully saturated rings. The van der Waals surface area contributed by atoms with Crippen molar-refractivity contribution < 1.29 is 0 Å². The Hall–Kier alpha value is -4.18. The second kappa shape index (κ2) is 7.45. The quantitative estimate of drug-likeness (QED) is 0.310. The predicted octanol–water partition coefficient (Wildman–Crippen LogP) is 2.97. The molecule has 1 aliphatic rings. The van der Waals surface area contributed by atoms with Crippen molar-refractivity contribution in [3.8, 4) is 0 Å². The number of H-pyrrole nitrogens is 4. The van der Waals surface area contributed by atoms with E-state index in [1.54, 1.807) is 0 Å². The molecule has 0 atom stereocenters. The molecule has 0 aliphatic carbocycles. The van der Waals surface area contributed by atoms with Gasteiger partial charge in [-0.3, -0.25) is 0 Å². The third-order valence-corrected chi connectivity index (χ3v) is 6.28. The smallest absolute Gasteiger partial charge is 0.0485 e. The zero-order valence-electron chi connectivity index (χ0n) is 19.0. The van der Waals surface area contributed by atoms with Gasteiger partial charge in [0.2, 0.25) is 0 Å². The molecule has 4 N–H and O–H groups in total. The highest BCUT2D eigenvalue weighted by Crippen LogP contribution is 2.27. The zero-order chi connectivity index (χ0) is 22.5. The van der Waals surface area contributed by atoms with Crippen molar-refractivity contribution in [3.05, 3.63) is 127 Å². The van der Waals surface area contributed by atoms with E-state index >= 15 is 0 Å². The van der Waals surface area contributed by atoms with Crippen molar-refractivity contribution in [2.24, 2.45) is 0 Å². The van der Waals surface area contributed by atoms with E-state index in [1.165, 1.54) is 27.8 Å². The van der Waals surface area contributed by atoms with E-state index in [4.69, 9.17) is 0 Å². The average Bonchev–Trinajstić information content (AvgIpc) is 3.55. The summed E-state index contributed by atoms with van der Waals surface area (Å²) < 4.78 is 0. The zero-order valence-corrected chi connectivity index (χ0v) is 19.0. The first-order valence-electron chi connectivity index (χ1n) is 11.3. The van der Waals surface area contributed by atoms with Crippen molar-refractivity contribution in [2.75, 3.05) is 0 Å². The third-order valence-electron chi connectivity index (χ3n) is 6.28. The van der Waals surface area contributed by atoms with Gasteiger partial charge in [0.1, 0.15) is 0 Å². The van der Waals surface area contributed by atoms with Gasteiger partial charge in [0.15, 0.2) is 0 Å². The summed E-state index contributed by atoms with van der Waals surface area (Å²) in [5.41, 5.74) is 10.6. The number of aromatic nitrogens is 4. The molecule has 1 aliphatic heterocycles. The summed E-state index contributed by atoms with van der Waals surface area (Å²) in [7, 11) is 0. The maximum Gasteiger partial charge on any atom is 0.0485 e. The summed E-state index contributed by atoms with van der Waals surface area (Å²) in [5.74, 6) is 0. The molecule has 0 radical (unpaired) electrons. The molecule has 4 nitrogen and oxygen atoms in total. The number of aryl methyl sites for hydroxylation is 3. The fraction of sp³-hybridized carbons (Fsp3) is 0.103. The highest BCUT2D eigenvalue weighted by molar-refractivity contribution is 5.81. The molecule has 5 heterocycles. The highest BCUT2D eigenvalue weighted by Gasteiger charge is 2.15. The van der Waals surface area contributed by atoms with Crippen LogP contribution >= 0.6 is 0 Å². The molecule has 5 aromatic rings. The summed E-state index contributed by atoms with van der Waals surface area (Å²) in [6.07, 6.45) is 6.41. The van der Waals surface area contributed by atoms with E-state index in [-0.39, 0.29) is 0 Å². The molecule has 8 bridgehead atoms. The molecule has 33 heavy (non-hydrogen) atoms. The average molecular weight is 431 g/mol. The summed E-state index contributed by atoms with van der Waals surface area (Å²) >= 11 is 0. The molecule has 1 aromatic carbocycles. The van der Waals surface area contributed by atoms with Gasteiger partial charge in [-0.1, -0.05) is 17.7 Å². The fourth-order valence-corrected chi connectivity index (χ4v) is 4.97. The van der Waals surface area contributed by atoms with E-state index < -0.39 is 0 Å². The van der Waals surface area contributed by atoms with E-state index in [0.29, 0.717) is 0 Å². The van der Waals surface area contributed by atoms with E-state index in [0.717, 1.165) is 44.2 Å². The van der Waals surface area contributed by atoms with Crippen molar-refractivity contribution >= 4 is 23.8 Å². The van der Waals surface area contributed by atoms with Crippen LogP contribution in [0.2, 0.25) is 0 Å². The maximum absolute atomic E-state index is 3.65. The first kappa shape index (κ1) is 19.5. The van der Waals surface area contributed by atoms with Gasteiger partial charge in [-0.05, 0) is 104 Å².